The van der Waals surface area contributed by atoms with Crippen LogP contribution in [0.25, 0.3) is 0 Å². The van der Waals surface area contributed by atoms with E-state index >= 15 is 0 Å². The summed E-state index contributed by atoms with van der Waals surface area (Å²) in [5.41, 5.74) is 0. The molecule has 0 heterocycles. The van der Waals surface area contributed by atoms with Gasteiger partial charge < -0.3 is 4.74 Å². The molecule has 0 radical (unpaired) electrons. The average Bonchev–Trinajstić information content (AvgIpc) is 2.35. The Kier molecular flexibility index (Phi) is 5.62. The fourth-order valence-corrected chi connectivity index (χ4v) is 0.930. The van der Waals surface area contributed by atoms with Crippen molar-refractivity contribution in [2.75, 3.05) is 0 Å². The van der Waals surface area contributed by atoms with Gasteiger partial charge in [-0.1, -0.05) is 0 Å². The Hall–Kier alpha value is -1.70. The topological polar surface area (TPSA) is 9.23 Å². The van der Waals surface area contributed by atoms with E-state index in [-0.39, 0.29) is 0 Å². The van der Waals surface area contributed by atoms with Gasteiger partial charge in [-0.2, -0.15) is 61.5 Å². The van der Waals surface area contributed by atoms with Gasteiger partial charge in [0.25, 0.3) is 0 Å². The lowest BCUT2D eigenvalue weighted by Gasteiger charge is -2.37. The molecule has 15 heteroatoms. The molecule has 0 amide bonds. The first kappa shape index (κ1) is 21.3. The van der Waals surface area contributed by atoms with Gasteiger partial charge in [0.15, 0.2) is 0 Å². The molecule has 0 aromatic heterocycles. The predicted molar refractivity (Wildman–Crippen MR) is 41.6 cm³/mol. The van der Waals surface area contributed by atoms with Crippen LogP contribution in [0, 0.1) is 0 Å². The first-order valence-electron chi connectivity index (χ1n) is 4.55. The zero-order valence-corrected chi connectivity index (χ0v) is 9.70. The largest absolute Gasteiger partial charge is 0.461 e. The molecular weight excluding hydrogens is 378 g/mol. The molecule has 0 saturated heterocycles. The van der Waals surface area contributed by atoms with E-state index in [1.807, 2.05) is 4.74 Å². The molecule has 1 nitrogen and oxygen atoms in total. The highest BCUT2D eigenvalue weighted by atomic mass is 19.4. The second kappa shape index (κ2) is 6.07. The SMILES string of the molecule is FC(F)=C(F)OC(F)(C(F)(F)C(F)=C(F)F)C(F)(F)C(F)(F)F. The lowest BCUT2D eigenvalue weighted by atomic mass is 10.0. The molecule has 0 aromatic carbocycles. The van der Waals surface area contributed by atoms with Crippen molar-refractivity contribution in [2.24, 2.45) is 0 Å². The zero-order chi connectivity index (χ0) is 19.0. The van der Waals surface area contributed by atoms with Gasteiger partial charge in [0, 0.05) is 0 Å². The summed E-state index contributed by atoms with van der Waals surface area (Å²) in [5, 5.41) is 0. The molecule has 1 unspecified atom stereocenters. The van der Waals surface area contributed by atoms with Crippen LogP contribution in [-0.4, -0.2) is 23.9 Å². The van der Waals surface area contributed by atoms with Gasteiger partial charge in [-0.25, -0.2) is 0 Å². The van der Waals surface area contributed by atoms with Crippen LogP contribution in [0.2, 0.25) is 0 Å². The van der Waals surface area contributed by atoms with E-state index in [4.69, 9.17) is 0 Å². The minimum Gasteiger partial charge on any atom is -0.418 e. The van der Waals surface area contributed by atoms with Crippen molar-refractivity contribution < 1.29 is 66.2 Å². The molecule has 0 aliphatic heterocycles. The van der Waals surface area contributed by atoms with Crippen LogP contribution >= 0.6 is 0 Å². The molecule has 136 valence electrons. The maximum absolute atomic E-state index is 13.4. The second-order valence-corrected chi connectivity index (χ2v) is 3.45. The van der Waals surface area contributed by atoms with E-state index in [1.165, 1.54) is 0 Å². The smallest absolute Gasteiger partial charge is 0.418 e. The molecular formula is C8F14O. The van der Waals surface area contributed by atoms with Gasteiger partial charge in [0.05, 0.1) is 0 Å². The third-order valence-electron chi connectivity index (χ3n) is 1.98. The van der Waals surface area contributed by atoms with Crippen molar-refractivity contribution in [1.29, 1.82) is 0 Å². The fraction of sp³-hybridized carbons (Fsp3) is 0.500. The molecule has 0 spiro atoms. The van der Waals surface area contributed by atoms with Crippen LogP contribution in [0.15, 0.2) is 24.0 Å². The molecule has 1 atom stereocenters. The fourth-order valence-electron chi connectivity index (χ4n) is 0.930. The van der Waals surface area contributed by atoms with Crippen molar-refractivity contribution >= 4 is 0 Å². The van der Waals surface area contributed by atoms with E-state index in [1.54, 1.807) is 0 Å². The number of alkyl halides is 8. The van der Waals surface area contributed by atoms with Crippen molar-refractivity contribution in [3.8, 4) is 0 Å². The Morgan fingerprint density at radius 2 is 1.00 bits per heavy atom. The molecule has 0 N–H and O–H groups in total. The van der Waals surface area contributed by atoms with Gasteiger partial charge in [-0.3, -0.25) is 0 Å². The quantitative estimate of drug-likeness (QED) is 0.446. The van der Waals surface area contributed by atoms with Gasteiger partial charge in [-0.15, -0.1) is 0 Å². The van der Waals surface area contributed by atoms with E-state index in [0.717, 1.165) is 0 Å². The van der Waals surface area contributed by atoms with Gasteiger partial charge >= 0.3 is 42.1 Å². The van der Waals surface area contributed by atoms with Crippen LogP contribution in [0.5, 0.6) is 0 Å². The molecule has 0 saturated carbocycles. The predicted octanol–water partition coefficient (Wildman–Crippen LogP) is 5.61. The van der Waals surface area contributed by atoms with Gasteiger partial charge in [0.2, 0.25) is 5.83 Å². The van der Waals surface area contributed by atoms with Crippen molar-refractivity contribution in [1.82, 2.24) is 0 Å². The Balaban J connectivity index is 6.58. The highest BCUT2D eigenvalue weighted by Gasteiger charge is 2.84. The van der Waals surface area contributed by atoms with E-state index < -0.39 is 47.9 Å². The van der Waals surface area contributed by atoms with E-state index in [2.05, 4.69) is 0 Å². The summed E-state index contributed by atoms with van der Waals surface area (Å²) >= 11 is 0. The van der Waals surface area contributed by atoms with Crippen LogP contribution in [-0.2, 0) is 4.74 Å². The first-order chi connectivity index (χ1) is 9.93. The van der Waals surface area contributed by atoms with Gasteiger partial charge in [-0.05, 0) is 0 Å². The highest BCUT2D eigenvalue weighted by molar-refractivity contribution is 5.17. The molecule has 0 aromatic rings. The number of hydrogen-bond acceptors (Lipinski definition) is 1. The lowest BCUT2D eigenvalue weighted by molar-refractivity contribution is -0.420. The molecule has 0 aliphatic carbocycles. The number of halogens is 14. The summed E-state index contributed by atoms with van der Waals surface area (Å²) < 4.78 is 174. The molecule has 0 fully saturated rings. The van der Waals surface area contributed by atoms with E-state index in [9.17, 15) is 61.5 Å². The Bertz CT molecular complexity index is 507. The highest BCUT2D eigenvalue weighted by Crippen LogP contribution is 2.56. The number of rotatable bonds is 5. The maximum Gasteiger partial charge on any atom is 0.461 e. The molecule has 0 bridgehead atoms. The Morgan fingerprint density at radius 3 is 1.26 bits per heavy atom. The second-order valence-electron chi connectivity index (χ2n) is 3.45. The third-order valence-corrected chi connectivity index (χ3v) is 1.98. The monoisotopic (exact) mass is 378 g/mol. The molecule has 0 rings (SSSR count). The summed E-state index contributed by atoms with van der Waals surface area (Å²) in [6.45, 7) is 0. The summed E-state index contributed by atoms with van der Waals surface area (Å²) in [7, 11) is 0. The number of ether oxygens (including phenoxy) is 1. The normalized spacial score (nSPS) is 15.7. The summed E-state index contributed by atoms with van der Waals surface area (Å²) in [4.78, 5) is 0. The Labute approximate surface area is 115 Å². The maximum atomic E-state index is 13.4. The van der Waals surface area contributed by atoms with Crippen LogP contribution in [0.1, 0.15) is 0 Å². The lowest BCUT2D eigenvalue weighted by Crippen LogP contribution is -2.65. The van der Waals surface area contributed by atoms with Crippen LogP contribution in [0.3, 0.4) is 0 Å². The van der Waals surface area contributed by atoms with Crippen LogP contribution in [0.4, 0.5) is 61.5 Å². The van der Waals surface area contributed by atoms with Crippen molar-refractivity contribution in [3.05, 3.63) is 24.0 Å². The first-order valence-corrected chi connectivity index (χ1v) is 4.55. The summed E-state index contributed by atoms with van der Waals surface area (Å²) in [6, 6.07) is -4.04. The standard InChI is InChI=1S/C8F14O/c9-1(2(10)11)5(15,16)7(19,23-4(14)3(12)13)6(17,18)8(20,21)22. The molecule has 0 aliphatic rings. The Morgan fingerprint density at radius 1 is 0.609 bits per heavy atom. The third kappa shape index (κ3) is 3.46. The van der Waals surface area contributed by atoms with Crippen LogP contribution < -0.4 is 0 Å². The number of hydrogen-bond donors (Lipinski definition) is 0. The summed E-state index contributed by atoms with van der Waals surface area (Å²) in [5.74, 6) is -26.7. The zero-order valence-electron chi connectivity index (χ0n) is 9.70. The summed E-state index contributed by atoms with van der Waals surface area (Å²) in [6.07, 6.45) is -15.7. The van der Waals surface area contributed by atoms with Gasteiger partial charge in [0.1, 0.15) is 0 Å². The minimum atomic E-state index is -7.59. The average molecular weight is 378 g/mol. The minimum absolute atomic E-state index is 1.90. The molecule has 23 heavy (non-hydrogen) atoms. The van der Waals surface area contributed by atoms with Crippen molar-refractivity contribution in [2.45, 2.75) is 23.9 Å². The van der Waals surface area contributed by atoms with E-state index in [0.29, 0.717) is 0 Å². The van der Waals surface area contributed by atoms with Crippen molar-refractivity contribution in [3.63, 3.8) is 0 Å².